The summed E-state index contributed by atoms with van der Waals surface area (Å²) < 4.78 is 4.79. The molecule has 0 saturated heterocycles. The molecule has 0 aliphatic heterocycles. The second-order valence-electron chi connectivity index (χ2n) is 6.13. The lowest BCUT2D eigenvalue weighted by Crippen LogP contribution is -2.48. The van der Waals surface area contributed by atoms with Gasteiger partial charge in [-0.3, -0.25) is 14.4 Å². The molecule has 2 atom stereocenters. The summed E-state index contributed by atoms with van der Waals surface area (Å²) >= 11 is 0. The molecule has 1 aliphatic rings. The Kier molecular flexibility index (Phi) is 6.27. The number of anilines is 1. The predicted octanol–water partition coefficient (Wildman–Crippen LogP) is 1.68. The Morgan fingerprint density at radius 2 is 1.88 bits per heavy atom. The van der Waals surface area contributed by atoms with E-state index in [2.05, 4.69) is 10.6 Å². The van der Waals surface area contributed by atoms with Gasteiger partial charge in [-0.15, -0.1) is 0 Å². The molecule has 0 bridgehead atoms. The van der Waals surface area contributed by atoms with Crippen LogP contribution in [0.1, 0.15) is 43.0 Å². The summed E-state index contributed by atoms with van der Waals surface area (Å²) in [6.45, 7) is 1.40. The fraction of sp³-hybridized carbons (Fsp3) is 0.444. The zero-order valence-corrected chi connectivity index (χ0v) is 14.3. The molecule has 0 heterocycles. The first-order chi connectivity index (χ1) is 11.9. The topological polar surface area (TPSA) is 102 Å². The highest BCUT2D eigenvalue weighted by molar-refractivity contribution is 5.98. The van der Waals surface area contributed by atoms with E-state index in [0.29, 0.717) is 30.5 Å². The molecular weight excluding hydrogens is 324 g/mol. The van der Waals surface area contributed by atoms with Gasteiger partial charge in [0.2, 0.25) is 5.91 Å². The van der Waals surface area contributed by atoms with Crippen molar-refractivity contribution in [3.05, 3.63) is 29.8 Å². The fourth-order valence-electron chi connectivity index (χ4n) is 2.97. The molecule has 1 saturated carbocycles. The maximum Gasteiger partial charge on any atom is 0.328 e. The molecule has 2 rings (SSSR count). The quantitative estimate of drug-likeness (QED) is 0.790. The molecule has 7 nitrogen and oxygen atoms in total. The number of benzene rings is 1. The van der Waals surface area contributed by atoms with Crippen LogP contribution in [0.15, 0.2) is 24.3 Å². The number of Topliss-reactive ketones (excluding diaryl/α,β-unsaturated/α-hetero) is 1. The first-order valence-corrected chi connectivity index (χ1v) is 8.18. The van der Waals surface area contributed by atoms with Crippen molar-refractivity contribution in [2.45, 2.75) is 38.6 Å². The molecule has 1 aromatic rings. The second kappa shape index (κ2) is 8.41. The average molecular weight is 346 g/mol. The number of amides is 2. The van der Waals surface area contributed by atoms with Crippen LogP contribution >= 0.6 is 0 Å². The van der Waals surface area contributed by atoms with Crippen LogP contribution in [0.25, 0.3) is 0 Å². The molecule has 0 unspecified atom stereocenters. The first-order valence-electron chi connectivity index (χ1n) is 8.18. The lowest BCUT2D eigenvalue weighted by Gasteiger charge is -2.28. The minimum absolute atomic E-state index is 0.0964. The highest BCUT2D eigenvalue weighted by Crippen LogP contribution is 2.25. The minimum atomic E-state index is -0.850. The molecule has 1 fully saturated rings. The largest absolute Gasteiger partial charge is 0.467 e. The van der Waals surface area contributed by atoms with Crippen molar-refractivity contribution < 1.29 is 23.9 Å². The summed E-state index contributed by atoms with van der Waals surface area (Å²) in [5.74, 6) is -1.34. The number of hydrogen-bond acceptors (Lipinski definition) is 5. The maximum atomic E-state index is 12.4. The number of ketones is 1. The van der Waals surface area contributed by atoms with Gasteiger partial charge < -0.3 is 15.4 Å². The number of rotatable bonds is 5. The Hall–Kier alpha value is -2.70. The lowest BCUT2D eigenvalue weighted by atomic mass is 9.83. The smallest absolute Gasteiger partial charge is 0.328 e. The van der Waals surface area contributed by atoms with E-state index in [9.17, 15) is 19.2 Å². The number of nitrogens with one attached hydrogen (secondary N) is 2. The highest BCUT2D eigenvalue weighted by atomic mass is 16.5. The van der Waals surface area contributed by atoms with Gasteiger partial charge in [0.1, 0.15) is 11.8 Å². The summed E-state index contributed by atoms with van der Waals surface area (Å²) in [5.41, 5.74) is 0.927. The lowest BCUT2D eigenvalue weighted by molar-refractivity contribution is -0.145. The molecule has 0 aromatic heterocycles. The molecule has 1 aromatic carbocycles. The van der Waals surface area contributed by atoms with Gasteiger partial charge in [-0.25, -0.2) is 4.79 Å². The van der Waals surface area contributed by atoms with Crippen molar-refractivity contribution in [1.82, 2.24) is 5.32 Å². The summed E-state index contributed by atoms with van der Waals surface area (Å²) in [5, 5.41) is 5.29. The van der Waals surface area contributed by atoms with E-state index in [0.717, 1.165) is 0 Å². The van der Waals surface area contributed by atoms with Crippen molar-refractivity contribution in [3.63, 3.8) is 0 Å². The van der Waals surface area contributed by atoms with Crippen molar-refractivity contribution in [1.29, 1.82) is 0 Å². The average Bonchev–Trinajstić information content (AvgIpc) is 2.59. The third kappa shape index (κ3) is 5.14. The number of carbonyl (C=O) groups is 4. The Morgan fingerprint density at radius 1 is 1.20 bits per heavy atom. The summed E-state index contributed by atoms with van der Waals surface area (Å²) in [4.78, 5) is 47.2. The Labute approximate surface area is 146 Å². The van der Waals surface area contributed by atoms with E-state index in [1.54, 1.807) is 24.3 Å². The molecule has 1 aliphatic carbocycles. The zero-order chi connectivity index (χ0) is 18.4. The standard InChI is InChI=1S/C18H22N2O5/c1-11(21)19-14-8-6-12(7-9-14)17(23)20-16(18(24)25-2)13-4-3-5-15(22)10-13/h6-9,13,16H,3-5,10H2,1-2H3,(H,19,21)(H,20,23)/t13-,16+/m1/s1. The van der Waals surface area contributed by atoms with Gasteiger partial charge in [0.05, 0.1) is 7.11 Å². The van der Waals surface area contributed by atoms with Gasteiger partial charge in [-0.05, 0) is 43.0 Å². The fourth-order valence-corrected chi connectivity index (χ4v) is 2.97. The summed E-state index contributed by atoms with van der Waals surface area (Å²) in [7, 11) is 1.26. The van der Waals surface area contributed by atoms with Gasteiger partial charge in [0.25, 0.3) is 5.91 Å². The Morgan fingerprint density at radius 3 is 2.44 bits per heavy atom. The van der Waals surface area contributed by atoms with Crippen molar-refractivity contribution in [2.75, 3.05) is 12.4 Å². The van der Waals surface area contributed by atoms with E-state index in [-0.39, 0.29) is 24.0 Å². The van der Waals surface area contributed by atoms with E-state index < -0.39 is 17.9 Å². The predicted molar refractivity (Wildman–Crippen MR) is 91.0 cm³/mol. The normalized spacial score (nSPS) is 18.2. The molecule has 0 spiro atoms. The molecule has 25 heavy (non-hydrogen) atoms. The van der Waals surface area contributed by atoms with Gasteiger partial charge in [0, 0.05) is 31.0 Å². The van der Waals surface area contributed by atoms with Crippen LogP contribution in [0.2, 0.25) is 0 Å². The molecular formula is C18H22N2O5. The summed E-state index contributed by atoms with van der Waals surface area (Å²) in [6.07, 6.45) is 2.18. The van der Waals surface area contributed by atoms with Crippen LogP contribution in [0.5, 0.6) is 0 Å². The van der Waals surface area contributed by atoms with Gasteiger partial charge >= 0.3 is 5.97 Å². The molecule has 2 amide bonds. The zero-order valence-electron chi connectivity index (χ0n) is 14.3. The van der Waals surface area contributed by atoms with Gasteiger partial charge in [-0.1, -0.05) is 0 Å². The summed E-state index contributed by atoms with van der Waals surface area (Å²) in [6, 6.07) is 5.47. The minimum Gasteiger partial charge on any atom is -0.467 e. The Bertz CT molecular complexity index is 669. The maximum absolute atomic E-state index is 12.4. The second-order valence-corrected chi connectivity index (χ2v) is 6.13. The number of ether oxygens (including phenoxy) is 1. The van der Waals surface area contributed by atoms with Crippen LogP contribution in [0.4, 0.5) is 5.69 Å². The Balaban J connectivity index is 2.09. The number of hydrogen-bond donors (Lipinski definition) is 2. The van der Waals surface area contributed by atoms with Crippen LogP contribution in [-0.4, -0.2) is 36.7 Å². The van der Waals surface area contributed by atoms with E-state index in [1.165, 1.54) is 14.0 Å². The van der Waals surface area contributed by atoms with Crippen molar-refractivity contribution in [3.8, 4) is 0 Å². The number of esters is 1. The van der Waals surface area contributed by atoms with Gasteiger partial charge in [0.15, 0.2) is 0 Å². The SMILES string of the molecule is COC(=O)[C@@H](NC(=O)c1ccc(NC(C)=O)cc1)[C@@H]1CCCC(=O)C1. The van der Waals surface area contributed by atoms with Crippen LogP contribution in [0.3, 0.4) is 0 Å². The monoisotopic (exact) mass is 346 g/mol. The third-order valence-electron chi connectivity index (χ3n) is 4.20. The number of carbonyl (C=O) groups excluding carboxylic acids is 4. The molecule has 7 heteroatoms. The molecule has 134 valence electrons. The van der Waals surface area contributed by atoms with Crippen LogP contribution < -0.4 is 10.6 Å². The first kappa shape index (κ1) is 18.6. The molecule has 2 N–H and O–H groups in total. The van der Waals surface area contributed by atoms with E-state index in [4.69, 9.17) is 4.74 Å². The van der Waals surface area contributed by atoms with Crippen LogP contribution in [0, 0.1) is 5.92 Å². The van der Waals surface area contributed by atoms with Crippen molar-refractivity contribution in [2.24, 2.45) is 5.92 Å². The van der Waals surface area contributed by atoms with Crippen LogP contribution in [-0.2, 0) is 19.1 Å². The number of methoxy groups -OCH3 is 1. The highest BCUT2D eigenvalue weighted by Gasteiger charge is 2.34. The third-order valence-corrected chi connectivity index (χ3v) is 4.20. The molecule has 0 radical (unpaired) electrons. The van der Waals surface area contributed by atoms with Gasteiger partial charge in [-0.2, -0.15) is 0 Å². The van der Waals surface area contributed by atoms with Crippen molar-refractivity contribution >= 4 is 29.3 Å². The van der Waals surface area contributed by atoms with E-state index in [1.807, 2.05) is 0 Å². The van der Waals surface area contributed by atoms with E-state index >= 15 is 0 Å².